The summed E-state index contributed by atoms with van der Waals surface area (Å²) in [5.74, 6) is 11.8. The third kappa shape index (κ3) is 6.84. The van der Waals surface area contributed by atoms with Crippen molar-refractivity contribution in [3.05, 3.63) is 115 Å². The molecule has 0 aliphatic heterocycles. The van der Waals surface area contributed by atoms with Crippen molar-refractivity contribution in [2.45, 2.75) is 19.8 Å². The first kappa shape index (κ1) is 25.4. The van der Waals surface area contributed by atoms with Gasteiger partial charge in [0.2, 0.25) is 0 Å². The van der Waals surface area contributed by atoms with Crippen LogP contribution in [0, 0.1) is 23.7 Å². The van der Waals surface area contributed by atoms with E-state index in [0.29, 0.717) is 0 Å². The molecule has 0 aliphatic carbocycles. The highest BCUT2D eigenvalue weighted by molar-refractivity contribution is 7.95. The van der Waals surface area contributed by atoms with E-state index in [1.165, 1.54) is 15.9 Å². The van der Waals surface area contributed by atoms with Crippen LogP contribution in [0.3, 0.4) is 0 Å². The fourth-order valence-electron chi connectivity index (χ4n) is 3.52. The first-order valence-electron chi connectivity index (χ1n) is 10.7. The predicted molar refractivity (Wildman–Crippen MR) is 139 cm³/mol. The molecule has 3 aromatic carbocycles. The minimum absolute atomic E-state index is 0. The molecule has 0 heterocycles. The lowest BCUT2D eigenvalue weighted by Crippen LogP contribution is -3.00. The molecule has 0 atom stereocenters. The van der Waals surface area contributed by atoms with Gasteiger partial charge in [-0.2, -0.15) is 0 Å². The van der Waals surface area contributed by atoms with Gasteiger partial charge in [-0.15, -0.1) is 0 Å². The molecule has 2 heteroatoms. The van der Waals surface area contributed by atoms with Crippen LogP contribution in [0.2, 0.25) is 0 Å². The lowest BCUT2D eigenvalue weighted by Gasteiger charge is -2.26. The maximum atomic E-state index is 3.04. The molecule has 32 heavy (non-hydrogen) atoms. The summed E-state index contributed by atoms with van der Waals surface area (Å²) >= 11 is 0. The molecule has 160 valence electrons. The van der Waals surface area contributed by atoms with Crippen LogP contribution in [0.5, 0.6) is 0 Å². The lowest BCUT2D eigenvalue weighted by atomic mass is 10.3. The van der Waals surface area contributed by atoms with Crippen LogP contribution in [0.1, 0.15) is 19.8 Å². The summed E-state index contributed by atoms with van der Waals surface area (Å²) in [6.45, 7) is 2.12. The number of halogens is 1. The topological polar surface area (TPSA) is 0 Å². The van der Waals surface area contributed by atoms with Crippen molar-refractivity contribution >= 4 is 23.2 Å². The fraction of sp³-hybridized carbons (Fsp3) is 0.133. The van der Waals surface area contributed by atoms with Crippen LogP contribution in [0.15, 0.2) is 115 Å². The molecule has 0 aliphatic rings. The third-order valence-corrected chi connectivity index (χ3v) is 9.29. The van der Waals surface area contributed by atoms with Crippen LogP contribution >= 0.6 is 7.26 Å². The van der Waals surface area contributed by atoms with E-state index in [9.17, 15) is 0 Å². The van der Waals surface area contributed by atoms with Gasteiger partial charge in [0, 0.05) is 6.42 Å². The van der Waals surface area contributed by atoms with Crippen LogP contribution in [0.4, 0.5) is 0 Å². The number of unbranched alkanes of at least 4 members (excludes halogenated alkanes) is 1. The van der Waals surface area contributed by atoms with Gasteiger partial charge in [0.25, 0.3) is 0 Å². The van der Waals surface area contributed by atoms with Gasteiger partial charge in [-0.3, -0.25) is 0 Å². The van der Waals surface area contributed by atoms with Crippen LogP contribution < -0.4 is 32.9 Å². The van der Waals surface area contributed by atoms with Crippen molar-refractivity contribution in [3.8, 4) is 23.7 Å². The predicted octanol–water partition coefficient (Wildman–Crippen LogP) is 2.90. The molecular formula is C30H28BrP. The Labute approximate surface area is 204 Å². The molecule has 0 saturated carbocycles. The molecule has 0 amide bonds. The van der Waals surface area contributed by atoms with Gasteiger partial charge in [0.1, 0.15) is 23.2 Å². The SMILES string of the molecule is CCCC#CC#C/C=C/C=C/C[P+](c1ccccc1)(c1ccccc1)c1ccccc1.[Br-]. The minimum Gasteiger partial charge on any atom is -1.00 e. The van der Waals surface area contributed by atoms with Gasteiger partial charge in [0.15, 0.2) is 0 Å². The Hall–Kier alpha value is -2.83. The second kappa shape index (κ2) is 14.3. The zero-order valence-corrected chi connectivity index (χ0v) is 20.9. The summed E-state index contributed by atoms with van der Waals surface area (Å²) in [4.78, 5) is 0. The largest absolute Gasteiger partial charge is 1.00 e. The summed E-state index contributed by atoms with van der Waals surface area (Å²) in [5, 5.41) is 4.19. The monoisotopic (exact) mass is 498 g/mol. The van der Waals surface area contributed by atoms with Gasteiger partial charge < -0.3 is 17.0 Å². The molecule has 0 bridgehead atoms. The zero-order valence-electron chi connectivity index (χ0n) is 18.4. The molecule has 0 nitrogen and oxygen atoms in total. The summed E-state index contributed by atoms with van der Waals surface area (Å²) in [5.41, 5.74) is 0. The zero-order chi connectivity index (χ0) is 21.6. The van der Waals surface area contributed by atoms with Crippen molar-refractivity contribution in [2.24, 2.45) is 0 Å². The molecule has 0 radical (unpaired) electrons. The van der Waals surface area contributed by atoms with Gasteiger partial charge in [-0.1, -0.05) is 85.5 Å². The Kier molecular flexibility index (Phi) is 11.3. The molecule has 3 aromatic rings. The molecule has 0 fully saturated rings. The standard InChI is InChI=1S/C30H28P.BrH/c1-2-3-4-5-6-7-8-9-10-20-27-31(28-21-14-11-15-22-28,29-23-16-12-17-24-29)30-25-18-13-19-26-30;/h8-26H,2-3,27H2,1H3;1H/q+1;/p-1/b9-8+,20-10+;. The maximum absolute atomic E-state index is 3.04. The minimum atomic E-state index is -1.81. The third-order valence-electron chi connectivity index (χ3n) is 4.99. The highest BCUT2D eigenvalue weighted by atomic mass is 79.9. The van der Waals surface area contributed by atoms with Crippen LogP contribution in [0.25, 0.3) is 0 Å². The van der Waals surface area contributed by atoms with E-state index in [4.69, 9.17) is 0 Å². The lowest BCUT2D eigenvalue weighted by molar-refractivity contribution is -0.00000604. The quantitative estimate of drug-likeness (QED) is 0.267. The summed E-state index contributed by atoms with van der Waals surface area (Å²) in [7, 11) is -1.81. The van der Waals surface area contributed by atoms with E-state index in [2.05, 4.69) is 134 Å². The average Bonchev–Trinajstić information content (AvgIpc) is 2.84. The summed E-state index contributed by atoms with van der Waals surface area (Å²) < 4.78 is 0. The van der Waals surface area contributed by atoms with Crippen LogP contribution in [-0.4, -0.2) is 6.16 Å². The van der Waals surface area contributed by atoms with E-state index in [-0.39, 0.29) is 17.0 Å². The Morgan fingerprint density at radius 1 is 0.688 bits per heavy atom. The van der Waals surface area contributed by atoms with E-state index >= 15 is 0 Å². The Balaban J connectivity index is 0.00000363. The molecule has 0 unspecified atom stereocenters. The highest BCUT2D eigenvalue weighted by Crippen LogP contribution is 2.55. The van der Waals surface area contributed by atoms with Crippen LogP contribution in [-0.2, 0) is 0 Å². The number of hydrogen-bond donors (Lipinski definition) is 0. The molecule has 0 spiro atoms. The molecule has 0 aromatic heterocycles. The number of benzene rings is 3. The smallest absolute Gasteiger partial charge is 0.115 e. The molecule has 0 saturated heterocycles. The first-order chi connectivity index (χ1) is 15.4. The second-order valence-corrected chi connectivity index (χ2v) is 10.6. The highest BCUT2D eigenvalue weighted by Gasteiger charge is 2.43. The van der Waals surface area contributed by atoms with Crippen molar-refractivity contribution in [2.75, 3.05) is 6.16 Å². The Bertz CT molecular complexity index is 1010. The van der Waals surface area contributed by atoms with E-state index < -0.39 is 7.26 Å². The van der Waals surface area contributed by atoms with Gasteiger partial charge >= 0.3 is 0 Å². The van der Waals surface area contributed by atoms with Gasteiger partial charge in [0.05, 0.1) is 6.16 Å². The van der Waals surface area contributed by atoms with Gasteiger partial charge in [-0.25, -0.2) is 0 Å². The van der Waals surface area contributed by atoms with Crippen molar-refractivity contribution in [1.82, 2.24) is 0 Å². The first-order valence-corrected chi connectivity index (χ1v) is 12.7. The van der Waals surface area contributed by atoms with E-state index in [1.54, 1.807) is 0 Å². The second-order valence-electron chi connectivity index (χ2n) is 7.11. The van der Waals surface area contributed by atoms with E-state index in [1.807, 2.05) is 12.2 Å². The van der Waals surface area contributed by atoms with Crippen molar-refractivity contribution in [1.29, 1.82) is 0 Å². The maximum Gasteiger partial charge on any atom is 0.115 e. The van der Waals surface area contributed by atoms with Crippen molar-refractivity contribution < 1.29 is 17.0 Å². The Morgan fingerprint density at radius 2 is 1.19 bits per heavy atom. The fourth-order valence-corrected chi connectivity index (χ4v) is 7.53. The number of allylic oxidation sites excluding steroid dienone is 4. The number of hydrogen-bond acceptors (Lipinski definition) is 0. The normalized spacial score (nSPS) is 10.7. The summed E-state index contributed by atoms with van der Waals surface area (Å²) in [6, 6.07) is 32.8. The summed E-state index contributed by atoms with van der Waals surface area (Å²) in [6.07, 6.45) is 11.2. The molecule has 0 N–H and O–H groups in total. The Morgan fingerprint density at radius 3 is 1.66 bits per heavy atom. The van der Waals surface area contributed by atoms with Crippen molar-refractivity contribution in [3.63, 3.8) is 0 Å². The van der Waals surface area contributed by atoms with E-state index in [0.717, 1.165) is 19.0 Å². The number of rotatable bonds is 7. The molecule has 3 rings (SSSR count). The average molecular weight is 499 g/mol. The molecular weight excluding hydrogens is 471 g/mol. The van der Waals surface area contributed by atoms with Gasteiger partial charge in [-0.05, 0) is 66.8 Å².